The molecule has 3 atom stereocenters. The molecule has 36 heavy (non-hydrogen) atoms. The van der Waals surface area contributed by atoms with E-state index in [1.54, 1.807) is 0 Å². The number of carbonyl (C=O) groups is 3. The van der Waals surface area contributed by atoms with Gasteiger partial charge in [0.25, 0.3) is 5.91 Å². The van der Waals surface area contributed by atoms with Gasteiger partial charge in [0.1, 0.15) is 0 Å². The highest BCUT2D eigenvalue weighted by Gasteiger charge is 2.60. The van der Waals surface area contributed by atoms with Gasteiger partial charge in [-0.05, 0) is 54.7 Å². The highest BCUT2D eigenvalue weighted by molar-refractivity contribution is 6.42. The molecular weight excluding hydrogens is 520 g/mol. The van der Waals surface area contributed by atoms with Crippen molar-refractivity contribution in [2.45, 2.75) is 13.1 Å². The lowest BCUT2D eigenvalue weighted by Gasteiger charge is -2.20. The molecule has 0 unspecified atom stereocenters. The number of nitrogens with zero attached hydrogens (tertiary/aromatic N) is 2. The number of hydrogen-bond acceptors (Lipinski definition) is 3. The molecule has 1 amide bonds. The van der Waals surface area contributed by atoms with Crippen molar-refractivity contribution in [3.8, 4) is 0 Å². The maximum Gasteiger partial charge on any atom is 0.416 e. The molecule has 0 radical (unpaired) electrons. The van der Waals surface area contributed by atoms with Gasteiger partial charge in [-0.1, -0.05) is 23.2 Å². The van der Waals surface area contributed by atoms with E-state index in [2.05, 4.69) is 0 Å². The minimum Gasteiger partial charge on any atom is -0.481 e. The maximum atomic E-state index is 13.5. The zero-order valence-electron chi connectivity index (χ0n) is 19.0. The van der Waals surface area contributed by atoms with E-state index in [-0.39, 0.29) is 57.3 Å². The number of ketones is 1. The average Bonchev–Trinajstić information content (AvgIpc) is 3.12. The molecule has 1 saturated carbocycles. The fraction of sp³-hybridized carbons (Fsp3) is 0.320. The van der Waals surface area contributed by atoms with Crippen molar-refractivity contribution in [1.82, 2.24) is 9.47 Å². The Hall–Kier alpha value is -3.04. The van der Waals surface area contributed by atoms with Crippen molar-refractivity contribution in [3.63, 3.8) is 0 Å². The zero-order chi connectivity index (χ0) is 26.3. The number of carboxylic acid groups (broad SMARTS) is 1. The number of fused-ring (bicyclic) bond motifs is 2. The molecule has 5 rings (SSSR count). The van der Waals surface area contributed by atoms with Crippen LogP contribution in [0, 0.1) is 24.7 Å². The smallest absolute Gasteiger partial charge is 0.416 e. The molecule has 3 aromatic rings. The Morgan fingerprint density at radius 1 is 1.06 bits per heavy atom. The second-order valence-corrected chi connectivity index (χ2v) is 10.1. The molecule has 1 aliphatic carbocycles. The van der Waals surface area contributed by atoms with Gasteiger partial charge in [0.15, 0.2) is 0 Å². The molecule has 2 aliphatic rings. The molecule has 1 aliphatic heterocycles. The molecule has 2 heterocycles. The molecule has 188 valence electrons. The summed E-state index contributed by atoms with van der Waals surface area (Å²) in [5.74, 6) is -2.59. The topological polar surface area (TPSA) is 79.6 Å². The summed E-state index contributed by atoms with van der Waals surface area (Å²) in [6, 6.07) is 6.26. The van der Waals surface area contributed by atoms with E-state index in [0.29, 0.717) is 10.9 Å². The molecule has 0 bridgehead atoms. The van der Waals surface area contributed by atoms with E-state index in [4.69, 9.17) is 23.2 Å². The molecule has 11 heteroatoms. The molecule has 0 spiro atoms. The van der Waals surface area contributed by atoms with Gasteiger partial charge < -0.3 is 14.6 Å². The van der Waals surface area contributed by atoms with Crippen LogP contribution in [0.3, 0.4) is 0 Å². The monoisotopic (exact) mass is 538 g/mol. The van der Waals surface area contributed by atoms with Crippen LogP contribution in [0.2, 0.25) is 10.0 Å². The largest absolute Gasteiger partial charge is 0.481 e. The predicted molar refractivity (Wildman–Crippen MR) is 127 cm³/mol. The molecule has 1 aromatic heterocycles. The highest BCUT2D eigenvalue weighted by atomic mass is 35.5. The molecule has 1 N–H and O–H groups in total. The number of carbonyl (C=O) groups excluding carboxylic acids is 2. The van der Waals surface area contributed by atoms with Crippen LogP contribution >= 0.6 is 23.2 Å². The first kappa shape index (κ1) is 24.6. The van der Waals surface area contributed by atoms with Crippen molar-refractivity contribution in [3.05, 3.63) is 68.3 Å². The lowest BCUT2D eigenvalue weighted by atomic mass is 10.0. The van der Waals surface area contributed by atoms with Crippen molar-refractivity contribution in [2.24, 2.45) is 24.8 Å². The third-order valence-corrected chi connectivity index (χ3v) is 7.95. The summed E-state index contributed by atoms with van der Waals surface area (Å²) in [6.45, 7) is 2.10. The summed E-state index contributed by atoms with van der Waals surface area (Å²) in [5, 5.41) is 9.50. The summed E-state index contributed by atoms with van der Waals surface area (Å²) in [6.07, 6.45) is -4.55. The number of rotatable bonds is 4. The number of hydrogen-bond donors (Lipinski definition) is 1. The summed E-state index contributed by atoms with van der Waals surface area (Å²) < 4.78 is 41.3. The Balaban J connectivity index is 1.50. The minimum atomic E-state index is -4.55. The number of aliphatic carboxylic acids is 1. The normalized spacial score (nSPS) is 21.1. The average molecular weight is 539 g/mol. The van der Waals surface area contributed by atoms with Gasteiger partial charge in [0, 0.05) is 31.0 Å². The maximum absolute atomic E-state index is 13.5. The number of aryl methyl sites for hydroxylation is 2. The number of likely N-dealkylation sites (tertiary alicyclic amines) is 1. The fourth-order valence-corrected chi connectivity index (χ4v) is 5.90. The van der Waals surface area contributed by atoms with Crippen LogP contribution in [-0.4, -0.2) is 45.3 Å². The number of benzene rings is 2. The van der Waals surface area contributed by atoms with Crippen LogP contribution in [0.4, 0.5) is 13.2 Å². The zero-order valence-corrected chi connectivity index (χ0v) is 20.5. The SMILES string of the molecule is Cc1cc(C(F)(F)F)cc2c1cc(C(=O)c1c(Cl)ccc(C(=O)N3C[C@@H]4[C@H](C3)[C@H]4C(=O)O)c1Cl)n2C. The molecular formula is C25H19Cl2F3N2O4. The minimum absolute atomic E-state index is 0.00489. The number of halogens is 5. The van der Waals surface area contributed by atoms with Crippen molar-refractivity contribution in [2.75, 3.05) is 13.1 Å². The number of alkyl halides is 3. The van der Waals surface area contributed by atoms with E-state index in [1.807, 2.05) is 0 Å². The summed E-state index contributed by atoms with van der Waals surface area (Å²) in [4.78, 5) is 39.4. The van der Waals surface area contributed by atoms with Crippen LogP contribution in [-0.2, 0) is 18.0 Å². The Bertz CT molecular complexity index is 1470. The van der Waals surface area contributed by atoms with Crippen LogP contribution < -0.4 is 0 Å². The standard InChI is InChI=1S/C25H19Cl2F3N2O4/c1-10-5-11(25(28,29)30)6-17-13(10)7-18(31(17)2)22(33)20-16(26)4-3-12(21(20)27)23(34)32-8-14-15(9-32)19(14)24(35)36/h3-7,14-15,19H,8-9H2,1-2H3,(H,35,36)/t14-,15+,19+. The first-order chi connectivity index (χ1) is 16.8. The van der Waals surface area contributed by atoms with Gasteiger partial charge >= 0.3 is 12.1 Å². The number of aromatic nitrogens is 1. The predicted octanol–water partition coefficient (Wildman–Crippen LogP) is 5.45. The fourth-order valence-electron chi connectivity index (χ4n) is 5.27. The number of piperidine rings is 1. The van der Waals surface area contributed by atoms with Gasteiger partial charge in [-0.2, -0.15) is 13.2 Å². The van der Waals surface area contributed by atoms with E-state index < -0.39 is 35.3 Å². The first-order valence-corrected chi connectivity index (χ1v) is 11.8. The van der Waals surface area contributed by atoms with Gasteiger partial charge in [-0.3, -0.25) is 14.4 Å². The van der Waals surface area contributed by atoms with Gasteiger partial charge in [-0.25, -0.2) is 0 Å². The van der Waals surface area contributed by atoms with Crippen LogP contribution in [0.15, 0.2) is 30.3 Å². The van der Waals surface area contributed by atoms with E-state index in [1.165, 1.54) is 41.6 Å². The summed E-state index contributed by atoms with van der Waals surface area (Å²) in [7, 11) is 1.47. The third-order valence-electron chi connectivity index (χ3n) is 7.24. The second kappa shape index (κ2) is 8.24. The van der Waals surface area contributed by atoms with Gasteiger partial charge in [-0.15, -0.1) is 0 Å². The van der Waals surface area contributed by atoms with Crippen LogP contribution in [0.5, 0.6) is 0 Å². The number of amides is 1. The van der Waals surface area contributed by atoms with Gasteiger partial charge in [0.05, 0.1) is 38.3 Å². The van der Waals surface area contributed by atoms with Gasteiger partial charge in [0.2, 0.25) is 5.78 Å². The van der Waals surface area contributed by atoms with Crippen LogP contribution in [0.1, 0.15) is 37.5 Å². The second-order valence-electron chi connectivity index (χ2n) is 9.33. The highest BCUT2D eigenvalue weighted by Crippen LogP contribution is 2.52. The van der Waals surface area contributed by atoms with Crippen molar-refractivity contribution in [1.29, 1.82) is 0 Å². The number of carboxylic acids is 1. The Labute approximate surface area is 213 Å². The van der Waals surface area contributed by atoms with Crippen molar-refractivity contribution < 1.29 is 32.7 Å². The quantitative estimate of drug-likeness (QED) is 0.448. The van der Waals surface area contributed by atoms with E-state index in [0.717, 1.165) is 12.1 Å². The Morgan fingerprint density at radius 2 is 1.69 bits per heavy atom. The van der Waals surface area contributed by atoms with Crippen LogP contribution in [0.25, 0.3) is 10.9 Å². The summed E-state index contributed by atoms with van der Waals surface area (Å²) >= 11 is 12.8. The molecule has 2 fully saturated rings. The Morgan fingerprint density at radius 3 is 2.28 bits per heavy atom. The Kier molecular flexibility index (Phi) is 5.64. The summed E-state index contributed by atoms with van der Waals surface area (Å²) in [5.41, 5.74) is -0.279. The lowest BCUT2D eigenvalue weighted by molar-refractivity contribution is -0.139. The van der Waals surface area contributed by atoms with E-state index >= 15 is 0 Å². The molecule has 2 aromatic carbocycles. The molecule has 6 nitrogen and oxygen atoms in total. The van der Waals surface area contributed by atoms with Crippen molar-refractivity contribution >= 4 is 51.8 Å². The third kappa shape index (κ3) is 3.76. The lowest BCUT2D eigenvalue weighted by Crippen LogP contribution is -2.33. The molecule has 1 saturated heterocycles. The van der Waals surface area contributed by atoms with E-state index in [9.17, 15) is 32.7 Å². The first-order valence-electron chi connectivity index (χ1n) is 11.0.